The van der Waals surface area contributed by atoms with Crippen LogP contribution in [-0.4, -0.2) is 36.4 Å². The van der Waals surface area contributed by atoms with Crippen molar-refractivity contribution in [2.75, 3.05) is 25.6 Å². The number of rotatable bonds is 6. The van der Waals surface area contributed by atoms with Gasteiger partial charge in [0.15, 0.2) is 0 Å². The number of methoxy groups -OCH3 is 1. The van der Waals surface area contributed by atoms with E-state index in [2.05, 4.69) is 5.32 Å². The molecule has 0 bridgehead atoms. The fourth-order valence-electron chi connectivity index (χ4n) is 1.39. The van der Waals surface area contributed by atoms with Crippen LogP contribution in [-0.2, 0) is 4.74 Å². The van der Waals surface area contributed by atoms with E-state index in [4.69, 9.17) is 4.74 Å². The third kappa shape index (κ3) is 4.01. The molecule has 0 amide bonds. The number of nitrogens with one attached hydrogen (secondary N) is 1. The number of nitro benzene ring substituents is 1. The molecule has 0 aliphatic heterocycles. The Kier molecular flexibility index (Phi) is 4.86. The maximum atomic E-state index is 10.6. The highest BCUT2D eigenvalue weighted by Crippen LogP contribution is 2.21. The Balaban J connectivity index is 2.69. The number of nitro groups is 1. The molecular formula is C11H16N2O4. The molecule has 1 unspecified atom stereocenters. The molecular weight excluding hydrogens is 224 g/mol. The summed E-state index contributed by atoms with van der Waals surface area (Å²) < 4.78 is 4.79. The fourth-order valence-corrected chi connectivity index (χ4v) is 1.39. The second kappa shape index (κ2) is 6.17. The molecule has 0 aromatic heterocycles. The van der Waals surface area contributed by atoms with Crippen LogP contribution in [0.15, 0.2) is 18.2 Å². The summed E-state index contributed by atoms with van der Waals surface area (Å²) in [6.45, 7) is 2.35. The van der Waals surface area contributed by atoms with Crippen LogP contribution >= 0.6 is 0 Å². The smallest absolute Gasteiger partial charge is 0.271 e. The first kappa shape index (κ1) is 13.4. The van der Waals surface area contributed by atoms with Crippen LogP contribution < -0.4 is 5.32 Å². The van der Waals surface area contributed by atoms with Crippen LogP contribution in [0.1, 0.15) is 5.56 Å². The van der Waals surface area contributed by atoms with Gasteiger partial charge in [0, 0.05) is 31.5 Å². The van der Waals surface area contributed by atoms with Crippen LogP contribution in [0.25, 0.3) is 0 Å². The first-order valence-corrected chi connectivity index (χ1v) is 5.20. The zero-order chi connectivity index (χ0) is 12.8. The summed E-state index contributed by atoms with van der Waals surface area (Å²) >= 11 is 0. The van der Waals surface area contributed by atoms with E-state index in [-0.39, 0.29) is 18.8 Å². The number of hydrogen-bond acceptors (Lipinski definition) is 5. The number of aryl methyl sites for hydroxylation is 1. The number of ether oxygens (including phenoxy) is 1. The number of non-ortho nitro benzene ring substituents is 1. The molecule has 0 saturated carbocycles. The Labute approximate surface area is 99.4 Å². The molecule has 6 nitrogen and oxygen atoms in total. The Bertz CT molecular complexity index is 395. The molecule has 1 aromatic rings. The van der Waals surface area contributed by atoms with Gasteiger partial charge in [0.1, 0.15) is 0 Å². The molecule has 1 rings (SSSR count). The van der Waals surface area contributed by atoms with Gasteiger partial charge in [0.2, 0.25) is 0 Å². The minimum absolute atomic E-state index is 0.0272. The molecule has 1 aromatic carbocycles. The molecule has 0 spiro atoms. The highest BCUT2D eigenvalue weighted by molar-refractivity contribution is 5.56. The van der Waals surface area contributed by atoms with Crippen LogP contribution in [0.3, 0.4) is 0 Å². The Morgan fingerprint density at radius 2 is 2.29 bits per heavy atom. The van der Waals surface area contributed by atoms with Crippen molar-refractivity contribution in [3.05, 3.63) is 33.9 Å². The van der Waals surface area contributed by atoms with Gasteiger partial charge in [-0.25, -0.2) is 0 Å². The van der Waals surface area contributed by atoms with Crippen molar-refractivity contribution in [2.45, 2.75) is 13.0 Å². The average Bonchev–Trinajstić information content (AvgIpc) is 2.28. The highest BCUT2D eigenvalue weighted by Gasteiger charge is 2.09. The molecule has 0 heterocycles. The lowest BCUT2D eigenvalue weighted by atomic mass is 10.2. The highest BCUT2D eigenvalue weighted by atomic mass is 16.6. The fraction of sp³-hybridized carbons (Fsp3) is 0.455. The molecule has 0 aliphatic rings. The maximum absolute atomic E-state index is 10.6. The summed E-state index contributed by atoms with van der Waals surface area (Å²) in [7, 11) is 1.50. The largest absolute Gasteiger partial charge is 0.389 e. The number of anilines is 1. The van der Waals surface area contributed by atoms with E-state index < -0.39 is 11.0 Å². The van der Waals surface area contributed by atoms with Gasteiger partial charge in [0.25, 0.3) is 5.69 Å². The van der Waals surface area contributed by atoms with Gasteiger partial charge in [-0.2, -0.15) is 0 Å². The Morgan fingerprint density at radius 3 is 2.88 bits per heavy atom. The summed E-state index contributed by atoms with van der Waals surface area (Å²) in [4.78, 5) is 10.2. The zero-order valence-corrected chi connectivity index (χ0v) is 9.84. The minimum Gasteiger partial charge on any atom is -0.389 e. The first-order chi connectivity index (χ1) is 8.04. The van der Waals surface area contributed by atoms with Crippen molar-refractivity contribution in [3.63, 3.8) is 0 Å². The Hall–Kier alpha value is -1.66. The lowest BCUT2D eigenvalue weighted by Gasteiger charge is -2.13. The van der Waals surface area contributed by atoms with Crippen LogP contribution in [0.5, 0.6) is 0 Å². The first-order valence-electron chi connectivity index (χ1n) is 5.20. The number of nitrogens with zero attached hydrogens (tertiary/aromatic N) is 1. The summed E-state index contributed by atoms with van der Waals surface area (Å²) in [5, 5.41) is 23.0. The molecule has 0 radical (unpaired) electrons. The summed E-state index contributed by atoms with van der Waals surface area (Å²) in [6.07, 6.45) is -0.640. The van der Waals surface area contributed by atoms with E-state index >= 15 is 0 Å². The van der Waals surface area contributed by atoms with Gasteiger partial charge >= 0.3 is 0 Å². The van der Waals surface area contributed by atoms with E-state index in [1.807, 2.05) is 6.92 Å². The van der Waals surface area contributed by atoms with Crippen LogP contribution in [0.4, 0.5) is 11.4 Å². The standard InChI is InChI=1S/C11H16N2O4/c1-8-3-4-9(13(15)16)5-11(8)12-6-10(14)7-17-2/h3-5,10,12,14H,6-7H2,1-2H3. The molecule has 6 heteroatoms. The number of aliphatic hydroxyl groups is 1. The minimum atomic E-state index is -0.640. The normalized spacial score (nSPS) is 12.2. The van der Waals surface area contributed by atoms with Gasteiger partial charge in [0.05, 0.1) is 17.6 Å². The van der Waals surface area contributed by atoms with Crippen LogP contribution in [0, 0.1) is 17.0 Å². The molecule has 2 N–H and O–H groups in total. The maximum Gasteiger partial charge on any atom is 0.271 e. The number of aliphatic hydroxyl groups excluding tert-OH is 1. The van der Waals surface area contributed by atoms with Gasteiger partial charge in [-0.15, -0.1) is 0 Å². The van der Waals surface area contributed by atoms with Crippen molar-refractivity contribution < 1.29 is 14.8 Å². The van der Waals surface area contributed by atoms with Gasteiger partial charge < -0.3 is 15.2 Å². The molecule has 0 fully saturated rings. The second-order valence-corrected chi connectivity index (χ2v) is 3.75. The predicted molar refractivity (Wildman–Crippen MR) is 64.2 cm³/mol. The summed E-state index contributed by atoms with van der Waals surface area (Å²) in [5.41, 5.74) is 1.56. The van der Waals surface area contributed by atoms with Crippen molar-refractivity contribution in [2.24, 2.45) is 0 Å². The number of benzene rings is 1. The lowest BCUT2D eigenvalue weighted by molar-refractivity contribution is -0.384. The van der Waals surface area contributed by atoms with Gasteiger partial charge in [-0.1, -0.05) is 6.07 Å². The Morgan fingerprint density at radius 1 is 1.59 bits per heavy atom. The lowest BCUT2D eigenvalue weighted by Crippen LogP contribution is -2.24. The average molecular weight is 240 g/mol. The topological polar surface area (TPSA) is 84.6 Å². The molecule has 1 atom stereocenters. The SMILES string of the molecule is COCC(O)CNc1cc([N+](=O)[O-])ccc1C. The quantitative estimate of drug-likeness (QED) is 0.578. The third-order valence-electron chi connectivity index (χ3n) is 2.32. The predicted octanol–water partition coefficient (Wildman–Crippen LogP) is 1.32. The second-order valence-electron chi connectivity index (χ2n) is 3.75. The van der Waals surface area contributed by atoms with E-state index in [1.165, 1.54) is 19.2 Å². The van der Waals surface area contributed by atoms with Gasteiger partial charge in [-0.05, 0) is 12.5 Å². The number of hydrogen-bond donors (Lipinski definition) is 2. The third-order valence-corrected chi connectivity index (χ3v) is 2.32. The van der Waals surface area contributed by atoms with Crippen molar-refractivity contribution in [1.82, 2.24) is 0 Å². The summed E-state index contributed by atoms with van der Waals surface area (Å²) in [6, 6.07) is 4.57. The molecule has 94 valence electrons. The monoisotopic (exact) mass is 240 g/mol. The van der Waals surface area contributed by atoms with E-state index in [0.717, 1.165) is 5.56 Å². The van der Waals surface area contributed by atoms with Crippen molar-refractivity contribution >= 4 is 11.4 Å². The van der Waals surface area contributed by atoms with E-state index in [0.29, 0.717) is 5.69 Å². The zero-order valence-electron chi connectivity index (χ0n) is 9.84. The van der Waals surface area contributed by atoms with Gasteiger partial charge in [-0.3, -0.25) is 10.1 Å². The molecule has 0 saturated heterocycles. The van der Waals surface area contributed by atoms with Crippen molar-refractivity contribution in [1.29, 1.82) is 0 Å². The van der Waals surface area contributed by atoms with Crippen LogP contribution in [0.2, 0.25) is 0 Å². The van der Waals surface area contributed by atoms with E-state index in [1.54, 1.807) is 6.07 Å². The van der Waals surface area contributed by atoms with E-state index in [9.17, 15) is 15.2 Å². The summed E-state index contributed by atoms with van der Waals surface area (Å²) in [5.74, 6) is 0. The molecule has 0 aliphatic carbocycles. The molecule has 17 heavy (non-hydrogen) atoms. The van der Waals surface area contributed by atoms with Crippen molar-refractivity contribution in [3.8, 4) is 0 Å².